The van der Waals surface area contributed by atoms with Crippen LogP contribution in [0.4, 0.5) is 5.69 Å². The lowest BCUT2D eigenvalue weighted by molar-refractivity contribution is -0.130. The molecule has 1 aliphatic heterocycles. The van der Waals surface area contributed by atoms with Gasteiger partial charge in [-0.3, -0.25) is 4.79 Å². The minimum Gasteiger partial charge on any atom is -0.402 e. The van der Waals surface area contributed by atoms with Gasteiger partial charge in [0.25, 0.3) is 0 Å². The highest BCUT2D eigenvalue weighted by molar-refractivity contribution is 6.11. The Bertz CT molecular complexity index is 923. The van der Waals surface area contributed by atoms with E-state index in [4.69, 9.17) is 4.74 Å². The molecular weight excluding hydrogens is 328 g/mol. The first-order valence-electron chi connectivity index (χ1n) is 8.15. The zero-order valence-electron chi connectivity index (χ0n) is 14.5. The van der Waals surface area contributed by atoms with E-state index in [0.29, 0.717) is 11.3 Å². The maximum Gasteiger partial charge on any atom is 0.363 e. The molecule has 0 bridgehead atoms. The number of hydrogen-bond donors (Lipinski definition) is 1. The Labute approximate surface area is 151 Å². The van der Waals surface area contributed by atoms with Crippen LogP contribution >= 0.6 is 0 Å². The zero-order chi connectivity index (χ0) is 18.5. The molecule has 130 valence electrons. The Balaban J connectivity index is 1.80. The van der Waals surface area contributed by atoms with Gasteiger partial charge in [-0.1, -0.05) is 36.4 Å². The minimum absolute atomic E-state index is 0.145. The summed E-state index contributed by atoms with van der Waals surface area (Å²) in [5.74, 6) is -0.372. The van der Waals surface area contributed by atoms with Crippen LogP contribution in [0.25, 0.3) is 6.08 Å². The van der Waals surface area contributed by atoms with Crippen LogP contribution < -0.4 is 5.32 Å². The lowest BCUT2D eigenvalue weighted by atomic mass is 10.1. The van der Waals surface area contributed by atoms with E-state index in [1.54, 1.807) is 30.3 Å². The fraction of sp³-hybridized carbons (Fsp3) is 0.0952. The summed E-state index contributed by atoms with van der Waals surface area (Å²) in [6, 6.07) is 16.8. The number of carbonyl (C=O) groups is 2. The highest BCUT2D eigenvalue weighted by Crippen LogP contribution is 2.20. The van der Waals surface area contributed by atoms with Crippen LogP contribution in [-0.4, -0.2) is 17.8 Å². The topological polar surface area (TPSA) is 67.8 Å². The van der Waals surface area contributed by atoms with Gasteiger partial charge < -0.3 is 10.1 Å². The van der Waals surface area contributed by atoms with E-state index in [2.05, 4.69) is 10.3 Å². The molecule has 0 spiro atoms. The van der Waals surface area contributed by atoms with Crippen molar-refractivity contribution in [3.63, 3.8) is 0 Å². The average molecular weight is 346 g/mol. The molecule has 3 rings (SSSR count). The first-order valence-corrected chi connectivity index (χ1v) is 8.15. The number of rotatable bonds is 4. The number of esters is 1. The number of allylic oxidation sites excluding steroid dienone is 2. The number of anilines is 1. The Morgan fingerprint density at radius 2 is 1.73 bits per heavy atom. The van der Waals surface area contributed by atoms with Crippen LogP contribution in [-0.2, 0) is 14.3 Å². The van der Waals surface area contributed by atoms with E-state index in [9.17, 15) is 9.59 Å². The predicted molar refractivity (Wildman–Crippen MR) is 102 cm³/mol. The summed E-state index contributed by atoms with van der Waals surface area (Å²) in [5, 5.41) is 2.68. The van der Waals surface area contributed by atoms with E-state index < -0.39 is 5.97 Å². The highest BCUT2D eigenvalue weighted by Gasteiger charge is 2.24. The molecule has 2 aromatic carbocycles. The van der Waals surface area contributed by atoms with E-state index in [-0.39, 0.29) is 17.5 Å². The number of hydrogen-bond acceptors (Lipinski definition) is 4. The number of nitrogens with zero attached hydrogens (tertiary/aromatic N) is 1. The van der Waals surface area contributed by atoms with Crippen LogP contribution in [0.15, 0.2) is 76.9 Å². The second kappa shape index (κ2) is 7.61. The van der Waals surface area contributed by atoms with Gasteiger partial charge in [-0.25, -0.2) is 9.79 Å². The first-order chi connectivity index (χ1) is 12.5. The zero-order valence-corrected chi connectivity index (χ0v) is 14.5. The molecule has 1 N–H and O–H groups in total. The maximum absolute atomic E-state index is 12.1. The summed E-state index contributed by atoms with van der Waals surface area (Å²) in [6.07, 6.45) is 3.67. The summed E-state index contributed by atoms with van der Waals surface area (Å²) in [6.45, 7) is 3.35. The number of nitrogens with one attached hydrogen (secondary N) is 1. The van der Waals surface area contributed by atoms with Gasteiger partial charge in [-0.05, 0) is 48.4 Å². The van der Waals surface area contributed by atoms with Crippen molar-refractivity contribution in [3.8, 4) is 0 Å². The van der Waals surface area contributed by atoms with Crippen LogP contribution in [0.2, 0.25) is 0 Å². The molecule has 1 heterocycles. The largest absolute Gasteiger partial charge is 0.402 e. The monoisotopic (exact) mass is 346 g/mol. The summed E-state index contributed by atoms with van der Waals surface area (Å²) in [4.78, 5) is 27.4. The van der Waals surface area contributed by atoms with Crippen molar-refractivity contribution in [2.75, 3.05) is 5.32 Å². The maximum atomic E-state index is 12.1. The molecule has 0 aliphatic carbocycles. The molecule has 0 aromatic heterocycles. The summed E-state index contributed by atoms with van der Waals surface area (Å²) in [5.41, 5.74) is 3.54. The smallest absolute Gasteiger partial charge is 0.363 e. The third kappa shape index (κ3) is 4.33. The van der Waals surface area contributed by atoms with Crippen molar-refractivity contribution in [3.05, 3.63) is 83.1 Å². The van der Waals surface area contributed by atoms with Gasteiger partial charge in [0, 0.05) is 18.2 Å². The molecule has 2 aromatic rings. The predicted octanol–water partition coefficient (Wildman–Crippen LogP) is 3.94. The molecule has 1 aliphatic rings. The van der Waals surface area contributed by atoms with E-state index in [0.717, 1.165) is 11.1 Å². The molecule has 5 heteroatoms. The number of amides is 1. The number of aliphatic imine (C=N–C) groups is 1. The summed E-state index contributed by atoms with van der Waals surface area (Å²) >= 11 is 0. The standard InChI is InChI=1S/C21H18N2O3/c1-14(12-16-6-4-3-5-7-16)13-19-21(25)26-20(23-19)17-8-10-18(11-9-17)22-15(2)24/h3-13H,1-2H3,(H,22,24)/b14-12+,19-13-. The first kappa shape index (κ1) is 17.4. The second-order valence-corrected chi connectivity index (χ2v) is 5.89. The van der Waals surface area contributed by atoms with Crippen LogP contribution in [0.1, 0.15) is 25.0 Å². The van der Waals surface area contributed by atoms with Gasteiger partial charge in [-0.2, -0.15) is 0 Å². The van der Waals surface area contributed by atoms with Crippen LogP contribution in [0.5, 0.6) is 0 Å². The SMILES string of the molecule is CC(=O)Nc1ccc(C2=N/C(=C\C(C)=C\c3ccccc3)C(=O)O2)cc1. The number of ether oxygens (including phenoxy) is 1. The average Bonchev–Trinajstić information content (AvgIpc) is 2.96. The van der Waals surface area contributed by atoms with Crippen molar-refractivity contribution >= 4 is 29.5 Å². The van der Waals surface area contributed by atoms with Gasteiger partial charge in [0.15, 0.2) is 5.70 Å². The van der Waals surface area contributed by atoms with Crippen molar-refractivity contribution in [2.24, 2.45) is 4.99 Å². The number of benzene rings is 2. The molecule has 0 unspecified atom stereocenters. The van der Waals surface area contributed by atoms with Gasteiger partial charge in [-0.15, -0.1) is 0 Å². The van der Waals surface area contributed by atoms with Crippen molar-refractivity contribution < 1.29 is 14.3 Å². The Hall–Kier alpha value is -3.47. The van der Waals surface area contributed by atoms with Crippen LogP contribution in [0.3, 0.4) is 0 Å². The lowest BCUT2D eigenvalue weighted by Gasteiger charge is -2.03. The highest BCUT2D eigenvalue weighted by atomic mass is 16.6. The van der Waals surface area contributed by atoms with E-state index >= 15 is 0 Å². The summed E-state index contributed by atoms with van der Waals surface area (Å²) in [7, 11) is 0. The molecule has 0 radical (unpaired) electrons. The number of cyclic esters (lactones) is 1. The van der Waals surface area contributed by atoms with Gasteiger partial charge in [0.1, 0.15) is 0 Å². The van der Waals surface area contributed by atoms with E-state index in [1.807, 2.05) is 43.3 Å². The molecule has 0 fully saturated rings. The second-order valence-electron chi connectivity index (χ2n) is 5.89. The Kier molecular flexibility index (Phi) is 5.08. The Morgan fingerprint density at radius 1 is 1.04 bits per heavy atom. The van der Waals surface area contributed by atoms with Crippen LogP contribution in [0, 0.1) is 0 Å². The van der Waals surface area contributed by atoms with Gasteiger partial charge >= 0.3 is 5.97 Å². The third-order valence-corrected chi connectivity index (χ3v) is 3.63. The lowest BCUT2D eigenvalue weighted by Crippen LogP contribution is -2.07. The molecular formula is C21H18N2O3. The molecule has 26 heavy (non-hydrogen) atoms. The molecule has 1 amide bonds. The van der Waals surface area contributed by atoms with Crippen molar-refractivity contribution in [2.45, 2.75) is 13.8 Å². The van der Waals surface area contributed by atoms with Gasteiger partial charge in [0.2, 0.25) is 11.8 Å². The number of carbonyl (C=O) groups excluding carboxylic acids is 2. The van der Waals surface area contributed by atoms with Gasteiger partial charge in [0.05, 0.1) is 0 Å². The molecule has 0 atom stereocenters. The Morgan fingerprint density at radius 3 is 2.38 bits per heavy atom. The quantitative estimate of drug-likeness (QED) is 0.673. The van der Waals surface area contributed by atoms with E-state index in [1.165, 1.54) is 6.92 Å². The van der Waals surface area contributed by atoms with Crippen molar-refractivity contribution in [1.82, 2.24) is 0 Å². The third-order valence-electron chi connectivity index (χ3n) is 3.63. The molecule has 5 nitrogen and oxygen atoms in total. The molecule has 0 saturated carbocycles. The van der Waals surface area contributed by atoms with Crippen molar-refractivity contribution in [1.29, 1.82) is 0 Å². The fourth-order valence-corrected chi connectivity index (χ4v) is 2.50. The summed E-state index contributed by atoms with van der Waals surface area (Å²) < 4.78 is 5.26. The minimum atomic E-state index is -0.480. The fourth-order valence-electron chi connectivity index (χ4n) is 2.50. The molecule has 0 saturated heterocycles. The normalized spacial score (nSPS) is 15.6.